The molecule has 1 aliphatic heterocycles. The Morgan fingerprint density at radius 2 is 1.75 bits per heavy atom. The topological polar surface area (TPSA) is 35.5 Å². The van der Waals surface area contributed by atoms with Crippen LogP contribution in [0, 0.1) is 5.92 Å². The molecule has 0 amide bonds. The summed E-state index contributed by atoms with van der Waals surface area (Å²) in [6, 6.07) is 0. The van der Waals surface area contributed by atoms with Crippen molar-refractivity contribution in [1.29, 1.82) is 0 Å². The Bertz CT molecular complexity index is 311. The van der Waals surface area contributed by atoms with Gasteiger partial charge >= 0.3 is 12.1 Å². The van der Waals surface area contributed by atoms with E-state index in [9.17, 15) is 26.7 Å². The van der Waals surface area contributed by atoms with Gasteiger partial charge in [-0.25, -0.2) is 8.78 Å². The largest absolute Gasteiger partial charge is 0.466 e. The Balaban J connectivity index is 2.22. The van der Waals surface area contributed by atoms with E-state index < -0.39 is 30.9 Å². The molecule has 0 aromatic heterocycles. The van der Waals surface area contributed by atoms with Crippen molar-refractivity contribution in [3.63, 3.8) is 0 Å². The molecule has 0 spiro atoms. The van der Waals surface area contributed by atoms with Gasteiger partial charge in [-0.05, 0) is 25.2 Å². The molecule has 0 aromatic rings. The van der Waals surface area contributed by atoms with Gasteiger partial charge in [0.05, 0.1) is 6.61 Å². The lowest BCUT2D eigenvalue weighted by Crippen LogP contribution is -2.29. The van der Waals surface area contributed by atoms with E-state index in [0.717, 1.165) is 12.8 Å². The highest BCUT2D eigenvalue weighted by atomic mass is 19.4. The maximum Gasteiger partial charge on any atom is 0.394 e. The standard InChI is InChI=1S/C12H17F5O3/c13-11(14,8-12(15,16)17)7-10(18)20-6-3-9-1-4-19-5-2-9/h9H,1-8H2. The average Bonchev–Trinajstić information content (AvgIpc) is 2.26. The first-order valence-corrected chi connectivity index (χ1v) is 6.36. The molecule has 20 heavy (non-hydrogen) atoms. The number of alkyl halides is 5. The minimum atomic E-state index is -5.01. The molecule has 1 saturated heterocycles. The molecule has 0 bridgehead atoms. The third-order valence-corrected chi connectivity index (χ3v) is 2.99. The molecule has 0 saturated carbocycles. The zero-order valence-electron chi connectivity index (χ0n) is 10.8. The third kappa shape index (κ3) is 7.62. The second kappa shape index (κ2) is 7.19. The summed E-state index contributed by atoms with van der Waals surface area (Å²) in [5.74, 6) is -5.12. The first kappa shape index (κ1) is 17.1. The number of carbonyl (C=O) groups is 1. The Hall–Kier alpha value is -0.920. The minimum absolute atomic E-state index is 0.0500. The van der Waals surface area contributed by atoms with E-state index in [0.29, 0.717) is 25.6 Å². The fraction of sp³-hybridized carbons (Fsp3) is 0.917. The van der Waals surface area contributed by atoms with Crippen LogP contribution in [0.5, 0.6) is 0 Å². The van der Waals surface area contributed by atoms with Gasteiger partial charge in [0.15, 0.2) is 0 Å². The van der Waals surface area contributed by atoms with Crippen molar-refractivity contribution in [3.8, 4) is 0 Å². The molecule has 0 unspecified atom stereocenters. The Labute approximate surface area is 113 Å². The van der Waals surface area contributed by atoms with Crippen molar-refractivity contribution in [2.24, 2.45) is 5.92 Å². The SMILES string of the molecule is O=C(CC(F)(F)CC(F)(F)F)OCCC1CCOCC1. The summed E-state index contributed by atoms with van der Waals surface area (Å²) in [6.07, 6.45) is -6.73. The van der Waals surface area contributed by atoms with Gasteiger partial charge in [0.2, 0.25) is 0 Å². The van der Waals surface area contributed by atoms with E-state index in [1.54, 1.807) is 0 Å². The van der Waals surface area contributed by atoms with Crippen LogP contribution in [0.1, 0.15) is 32.1 Å². The quantitative estimate of drug-likeness (QED) is 0.558. The smallest absolute Gasteiger partial charge is 0.394 e. The lowest BCUT2D eigenvalue weighted by Gasteiger charge is -2.22. The normalized spacial score (nSPS) is 18.1. The van der Waals surface area contributed by atoms with Crippen LogP contribution >= 0.6 is 0 Å². The molecule has 0 aromatic carbocycles. The lowest BCUT2D eigenvalue weighted by molar-refractivity contribution is -0.193. The molecule has 8 heteroatoms. The van der Waals surface area contributed by atoms with E-state index >= 15 is 0 Å². The summed E-state index contributed by atoms with van der Waals surface area (Å²) in [5.41, 5.74) is 0. The van der Waals surface area contributed by atoms with Crippen LogP contribution < -0.4 is 0 Å². The number of esters is 1. The van der Waals surface area contributed by atoms with Gasteiger partial charge in [0.25, 0.3) is 5.92 Å². The highest BCUT2D eigenvalue weighted by Crippen LogP contribution is 2.34. The fourth-order valence-electron chi connectivity index (χ4n) is 1.99. The molecule has 1 heterocycles. The zero-order chi connectivity index (χ0) is 15.2. The van der Waals surface area contributed by atoms with E-state index in [1.165, 1.54) is 0 Å². The second-order valence-electron chi connectivity index (χ2n) is 4.89. The molecular formula is C12H17F5O3. The van der Waals surface area contributed by atoms with Gasteiger partial charge in [-0.2, -0.15) is 13.2 Å². The number of ether oxygens (including phenoxy) is 2. The second-order valence-corrected chi connectivity index (χ2v) is 4.89. The van der Waals surface area contributed by atoms with Crippen LogP contribution in [0.4, 0.5) is 22.0 Å². The Kier molecular flexibility index (Phi) is 6.16. The van der Waals surface area contributed by atoms with Gasteiger partial charge in [-0.1, -0.05) is 0 Å². The molecule has 0 atom stereocenters. The zero-order valence-corrected chi connectivity index (χ0v) is 10.8. The number of hydrogen-bond acceptors (Lipinski definition) is 3. The van der Waals surface area contributed by atoms with E-state index in [1.807, 2.05) is 0 Å². The summed E-state index contributed by atoms with van der Waals surface area (Å²) in [4.78, 5) is 11.1. The molecule has 0 radical (unpaired) electrons. The van der Waals surface area contributed by atoms with E-state index in [4.69, 9.17) is 4.74 Å². The fourth-order valence-corrected chi connectivity index (χ4v) is 1.99. The van der Waals surface area contributed by atoms with Crippen molar-refractivity contribution in [1.82, 2.24) is 0 Å². The molecular weight excluding hydrogens is 287 g/mol. The summed E-state index contributed by atoms with van der Waals surface area (Å²) in [7, 11) is 0. The first-order chi connectivity index (χ1) is 9.18. The molecule has 0 aliphatic carbocycles. The number of rotatable bonds is 6. The number of carbonyl (C=O) groups excluding carboxylic acids is 1. The van der Waals surface area contributed by atoms with Crippen LogP contribution in [0.2, 0.25) is 0 Å². The highest BCUT2D eigenvalue weighted by Gasteiger charge is 2.45. The molecule has 1 fully saturated rings. The highest BCUT2D eigenvalue weighted by molar-refractivity contribution is 5.70. The van der Waals surface area contributed by atoms with Crippen molar-refractivity contribution in [2.75, 3.05) is 19.8 Å². The monoisotopic (exact) mass is 304 g/mol. The first-order valence-electron chi connectivity index (χ1n) is 6.36. The Morgan fingerprint density at radius 3 is 2.30 bits per heavy atom. The van der Waals surface area contributed by atoms with Gasteiger partial charge in [0, 0.05) is 13.2 Å². The third-order valence-electron chi connectivity index (χ3n) is 2.99. The molecule has 118 valence electrons. The van der Waals surface area contributed by atoms with E-state index in [-0.39, 0.29) is 6.61 Å². The van der Waals surface area contributed by atoms with Crippen LogP contribution in [0.25, 0.3) is 0 Å². The lowest BCUT2D eigenvalue weighted by atomic mass is 9.97. The van der Waals surface area contributed by atoms with Crippen LogP contribution in [-0.2, 0) is 14.3 Å². The van der Waals surface area contributed by atoms with Crippen molar-refractivity contribution >= 4 is 5.97 Å². The predicted octanol–water partition coefficient (Wildman–Crippen LogP) is 3.32. The average molecular weight is 304 g/mol. The number of halogens is 5. The molecule has 3 nitrogen and oxygen atoms in total. The minimum Gasteiger partial charge on any atom is -0.466 e. The van der Waals surface area contributed by atoms with Crippen molar-refractivity contribution in [3.05, 3.63) is 0 Å². The van der Waals surface area contributed by atoms with Gasteiger partial charge in [-0.3, -0.25) is 4.79 Å². The van der Waals surface area contributed by atoms with Gasteiger partial charge in [-0.15, -0.1) is 0 Å². The van der Waals surface area contributed by atoms with Gasteiger partial charge in [0.1, 0.15) is 12.8 Å². The van der Waals surface area contributed by atoms with Crippen molar-refractivity contribution < 1.29 is 36.2 Å². The molecule has 1 rings (SSSR count). The summed E-state index contributed by atoms with van der Waals surface area (Å²) >= 11 is 0. The maximum atomic E-state index is 12.9. The van der Waals surface area contributed by atoms with Crippen LogP contribution in [0.3, 0.4) is 0 Å². The molecule has 1 aliphatic rings. The van der Waals surface area contributed by atoms with Crippen molar-refractivity contribution in [2.45, 2.75) is 44.2 Å². The Morgan fingerprint density at radius 1 is 1.15 bits per heavy atom. The van der Waals surface area contributed by atoms with Gasteiger partial charge < -0.3 is 9.47 Å². The summed E-state index contributed by atoms with van der Waals surface area (Å²) in [5, 5.41) is 0. The van der Waals surface area contributed by atoms with Crippen LogP contribution in [0.15, 0.2) is 0 Å². The maximum absolute atomic E-state index is 12.9. The molecule has 0 N–H and O–H groups in total. The van der Waals surface area contributed by atoms with E-state index in [2.05, 4.69) is 4.74 Å². The summed E-state index contributed by atoms with van der Waals surface area (Å²) < 4.78 is 71.1. The summed E-state index contributed by atoms with van der Waals surface area (Å²) in [6.45, 7) is 1.18. The predicted molar refractivity (Wildman–Crippen MR) is 59.4 cm³/mol. The number of hydrogen-bond donors (Lipinski definition) is 0. The van der Waals surface area contributed by atoms with Crippen LogP contribution in [-0.4, -0.2) is 37.9 Å².